The molecule has 2 amide bonds. The van der Waals surface area contributed by atoms with Gasteiger partial charge in [-0.15, -0.1) is 0 Å². The molecule has 0 spiro atoms. The fourth-order valence-corrected chi connectivity index (χ4v) is 1.46. The predicted molar refractivity (Wildman–Crippen MR) is 71.0 cm³/mol. The van der Waals surface area contributed by atoms with Gasteiger partial charge in [-0.2, -0.15) is 0 Å². The second-order valence-electron chi connectivity index (χ2n) is 3.46. The van der Waals surface area contributed by atoms with Gasteiger partial charge in [-0.3, -0.25) is 14.3 Å². The van der Waals surface area contributed by atoms with Crippen LogP contribution in [0.4, 0.5) is 4.79 Å². The van der Waals surface area contributed by atoms with Crippen molar-refractivity contribution in [2.75, 3.05) is 0 Å². The van der Waals surface area contributed by atoms with Crippen molar-refractivity contribution < 1.29 is 14.4 Å². The van der Waals surface area contributed by atoms with E-state index >= 15 is 0 Å². The minimum absolute atomic E-state index is 0.0625. The van der Waals surface area contributed by atoms with Gasteiger partial charge in [0.2, 0.25) is 0 Å². The van der Waals surface area contributed by atoms with Crippen molar-refractivity contribution in [1.29, 1.82) is 0 Å². The lowest BCUT2D eigenvalue weighted by Crippen LogP contribution is -2.22. The van der Waals surface area contributed by atoms with Crippen LogP contribution in [0.1, 0.15) is 20.3 Å². The van der Waals surface area contributed by atoms with E-state index in [9.17, 15) is 14.4 Å². The smallest absolute Gasteiger partial charge is 0.322 e. The van der Waals surface area contributed by atoms with E-state index < -0.39 is 6.03 Å². The Labute approximate surface area is 110 Å². The zero-order valence-corrected chi connectivity index (χ0v) is 11.1. The number of hydrogen-bond donors (Lipinski definition) is 2. The number of nitrogens with one attached hydrogen (secondary N) is 1. The van der Waals surface area contributed by atoms with Crippen LogP contribution in [0, 0.1) is 0 Å². The summed E-state index contributed by atoms with van der Waals surface area (Å²) in [5.41, 5.74) is 4.87. The lowest BCUT2D eigenvalue weighted by Gasteiger charge is -1.98. The monoisotopic (exact) mass is 268 g/mol. The van der Waals surface area contributed by atoms with Crippen LogP contribution >= 0.6 is 11.9 Å². The topological polar surface area (TPSA) is 89.3 Å². The molecular formula is C12H16N2O3S. The van der Waals surface area contributed by atoms with Crippen LogP contribution in [0.5, 0.6) is 0 Å². The van der Waals surface area contributed by atoms with Gasteiger partial charge in [-0.1, -0.05) is 18.2 Å². The van der Waals surface area contributed by atoms with Crippen LogP contribution in [0.25, 0.3) is 0 Å². The van der Waals surface area contributed by atoms with Crippen molar-refractivity contribution >= 4 is 29.5 Å². The van der Waals surface area contributed by atoms with Crippen molar-refractivity contribution in [3.8, 4) is 0 Å². The van der Waals surface area contributed by atoms with Crippen molar-refractivity contribution in [2.24, 2.45) is 5.73 Å². The summed E-state index contributed by atoms with van der Waals surface area (Å²) in [4.78, 5) is 31.3. The third-order valence-corrected chi connectivity index (χ3v) is 2.32. The van der Waals surface area contributed by atoms with E-state index in [-0.39, 0.29) is 18.0 Å². The molecule has 0 radical (unpaired) electrons. The normalized spacial score (nSPS) is 8.78. The molecule has 0 aliphatic rings. The number of carbonyl (C=O) groups is 3. The Kier molecular flexibility index (Phi) is 8.30. The summed E-state index contributed by atoms with van der Waals surface area (Å²) in [7, 11) is 0. The minimum atomic E-state index is -0.529. The van der Waals surface area contributed by atoms with Gasteiger partial charge in [0, 0.05) is 4.90 Å². The van der Waals surface area contributed by atoms with Crippen molar-refractivity contribution in [3.05, 3.63) is 30.3 Å². The molecule has 0 bridgehead atoms. The van der Waals surface area contributed by atoms with Crippen LogP contribution in [0.3, 0.4) is 0 Å². The predicted octanol–water partition coefficient (Wildman–Crippen LogP) is 1.92. The van der Waals surface area contributed by atoms with Crippen LogP contribution < -0.4 is 10.5 Å². The summed E-state index contributed by atoms with van der Waals surface area (Å²) >= 11 is 1.20. The summed E-state index contributed by atoms with van der Waals surface area (Å²) in [5.74, 6) is -0.125. The third kappa shape index (κ3) is 10.7. The SMILES string of the molecule is CC(=O)CC(C)=O.NC(=O)NSc1ccccc1. The molecular weight excluding hydrogens is 252 g/mol. The molecule has 0 aliphatic carbocycles. The molecule has 0 atom stereocenters. The van der Waals surface area contributed by atoms with Gasteiger partial charge in [-0.05, 0) is 37.9 Å². The summed E-state index contributed by atoms with van der Waals surface area (Å²) in [6, 6.07) is 8.95. The fourth-order valence-electron chi connectivity index (χ4n) is 0.948. The Morgan fingerprint density at radius 1 is 1.11 bits per heavy atom. The second kappa shape index (κ2) is 9.23. The number of urea groups is 1. The number of primary amides is 1. The Morgan fingerprint density at radius 2 is 1.61 bits per heavy atom. The number of rotatable bonds is 4. The van der Waals surface area contributed by atoms with Crippen molar-refractivity contribution in [1.82, 2.24) is 4.72 Å². The molecule has 0 unspecified atom stereocenters. The van der Waals surface area contributed by atoms with E-state index in [1.807, 2.05) is 30.3 Å². The fraction of sp³-hybridized carbons (Fsp3) is 0.250. The van der Waals surface area contributed by atoms with Crippen LogP contribution in [-0.4, -0.2) is 17.6 Å². The maximum atomic E-state index is 10.3. The minimum Gasteiger partial charge on any atom is -0.351 e. The standard InChI is InChI=1S/C7H8N2OS.C5H8O2/c8-7(10)9-11-6-4-2-1-3-5-6;1-4(6)3-5(2)7/h1-5H,(H3,8,9,10);3H2,1-2H3. The summed E-state index contributed by atoms with van der Waals surface area (Å²) in [6.07, 6.45) is 0.0833. The molecule has 1 rings (SSSR count). The van der Waals surface area contributed by atoms with Crippen molar-refractivity contribution in [2.45, 2.75) is 25.2 Å². The quantitative estimate of drug-likeness (QED) is 0.645. The molecule has 6 heteroatoms. The molecule has 98 valence electrons. The molecule has 5 nitrogen and oxygen atoms in total. The molecule has 0 heterocycles. The van der Waals surface area contributed by atoms with Gasteiger partial charge in [0.1, 0.15) is 11.6 Å². The first-order valence-corrected chi connectivity index (χ1v) is 5.99. The lowest BCUT2D eigenvalue weighted by atomic mass is 10.2. The highest BCUT2D eigenvalue weighted by atomic mass is 32.2. The Bertz CT molecular complexity index is 395. The Hall–Kier alpha value is -1.82. The molecule has 0 saturated heterocycles. The molecule has 0 saturated carbocycles. The molecule has 18 heavy (non-hydrogen) atoms. The number of ketones is 2. The van der Waals surface area contributed by atoms with Gasteiger partial charge < -0.3 is 5.73 Å². The van der Waals surface area contributed by atoms with E-state index in [2.05, 4.69) is 4.72 Å². The lowest BCUT2D eigenvalue weighted by molar-refractivity contribution is -0.124. The summed E-state index contributed by atoms with van der Waals surface area (Å²) < 4.78 is 2.42. The highest BCUT2D eigenvalue weighted by Gasteiger charge is 1.95. The number of hydrogen-bond acceptors (Lipinski definition) is 4. The molecule has 3 N–H and O–H groups in total. The van der Waals surface area contributed by atoms with Gasteiger partial charge in [-0.25, -0.2) is 4.79 Å². The number of nitrogens with two attached hydrogens (primary N) is 1. The first-order valence-electron chi connectivity index (χ1n) is 5.18. The van der Waals surface area contributed by atoms with Gasteiger partial charge in [0.15, 0.2) is 0 Å². The molecule has 0 aromatic heterocycles. The highest BCUT2D eigenvalue weighted by molar-refractivity contribution is 7.98. The molecule has 1 aromatic rings. The summed E-state index contributed by atoms with van der Waals surface area (Å²) in [6.45, 7) is 2.81. The third-order valence-electron chi connectivity index (χ3n) is 1.51. The zero-order chi connectivity index (χ0) is 14.0. The maximum absolute atomic E-state index is 10.3. The average Bonchev–Trinajstić information content (AvgIpc) is 2.26. The second-order valence-corrected chi connectivity index (χ2v) is 4.34. The largest absolute Gasteiger partial charge is 0.351 e. The van der Waals surface area contributed by atoms with E-state index in [0.29, 0.717) is 0 Å². The average molecular weight is 268 g/mol. The van der Waals surface area contributed by atoms with E-state index in [1.165, 1.54) is 25.8 Å². The Balaban J connectivity index is 0.000000360. The maximum Gasteiger partial charge on any atom is 0.322 e. The Morgan fingerprint density at radius 3 is 1.94 bits per heavy atom. The van der Waals surface area contributed by atoms with E-state index in [1.54, 1.807) is 0 Å². The van der Waals surface area contributed by atoms with Crippen LogP contribution in [0.15, 0.2) is 35.2 Å². The number of carbonyl (C=O) groups excluding carboxylic acids is 3. The van der Waals surface area contributed by atoms with Gasteiger partial charge in [0.25, 0.3) is 0 Å². The van der Waals surface area contributed by atoms with Gasteiger partial charge in [0.05, 0.1) is 6.42 Å². The first-order chi connectivity index (χ1) is 8.41. The zero-order valence-electron chi connectivity index (χ0n) is 10.3. The first kappa shape index (κ1) is 16.2. The van der Waals surface area contributed by atoms with E-state index in [0.717, 1.165) is 4.90 Å². The van der Waals surface area contributed by atoms with Gasteiger partial charge >= 0.3 is 6.03 Å². The number of benzene rings is 1. The highest BCUT2D eigenvalue weighted by Crippen LogP contribution is 2.11. The molecule has 1 aromatic carbocycles. The van der Waals surface area contributed by atoms with E-state index in [4.69, 9.17) is 5.73 Å². The molecule has 0 aliphatic heterocycles. The molecule has 0 fully saturated rings. The van der Waals surface area contributed by atoms with Crippen LogP contribution in [-0.2, 0) is 9.59 Å². The number of amides is 2. The van der Waals surface area contributed by atoms with Crippen molar-refractivity contribution in [3.63, 3.8) is 0 Å². The summed E-state index contributed by atoms with van der Waals surface area (Å²) in [5, 5.41) is 0. The number of Topliss-reactive ketones (excluding diaryl/α,β-unsaturated/α-hetero) is 2. The van der Waals surface area contributed by atoms with Crippen LogP contribution in [0.2, 0.25) is 0 Å².